The van der Waals surface area contributed by atoms with Crippen molar-refractivity contribution in [3.8, 4) is 0 Å². The minimum Gasteiger partial charge on any atom is -0.346 e. The van der Waals surface area contributed by atoms with Gasteiger partial charge in [-0.25, -0.2) is 4.98 Å². The summed E-state index contributed by atoms with van der Waals surface area (Å²) >= 11 is 1.63. The minimum absolute atomic E-state index is 0.165. The number of carbonyl (C=O) groups is 1. The Morgan fingerprint density at radius 3 is 3.10 bits per heavy atom. The molecule has 0 aromatic carbocycles. The number of anilines is 1. The number of aromatic nitrogens is 2. The Labute approximate surface area is 128 Å². The van der Waals surface area contributed by atoms with Gasteiger partial charge in [0.05, 0.1) is 12.2 Å². The van der Waals surface area contributed by atoms with Crippen LogP contribution in [0.25, 0.3) is 4.96 Å². The van der Waals surface area contributed by atoms with Crippen molar-refractivity contribution in [1.29, 1.82) is 0 Å². The largest absolute Gasteiger partial charge is 0.346 e. The van der Waals surface area contributed by atoms with Gasteiger partial charge in [0.1, 0.15) is 0 Å². The number of rotatable bonds is 4. The van der Waals surface area contributed by atoms with Crippen molar-refractivity contribution < 1.29 is 4.79 Å². The lowest BCUT2D eigenvalue weighted by Crippen LogP contribution is -2.35. The van der Waals surface area contributed by atoms with Crippen molar-refractivity contribution in [1.82, 2.24) is 19.6 Å². The molecule has 1 aliphatic heterocycles. The van der Waals surface area contributed by atoms with Crippen molar-refractivity contribution in [2.75, 3.05) is 38.1 Å². The molecule has 1 aliphatic rings. The topological polar surface area (TPSA) is 52.9 Å². The first-order chi connectivity index (χ1) is 10.2. The number of nitrogens with one attached hydrogen (secondary N) is 1. The van der Waals surface area contributed by atoms with Crippen molar-refractivity contribution in [2.24, 2.45) is 0 Å². The van der Waals surface area contributed by atoms with Crippen LogP contribution in [-0.4, -0.2) is 53.4 Å². The van der Waals surface area contributed by atoms with E-state index < -0.39 is 0 Å². The maximum atomic E-state index is 12.1. The van der Waals surface area contributed by atoms with Crippen LogP contribution in [0.2, 0.25) is 0 Å². The molecule has 1 saturated heterocycles. The van der Waals surface area contributed by atoms with Gasteiger partial charge in [-0.15, -0.1) is 11.3 Å². The fourth-order valence-corrected chi connectivity index (χ4v) is 3.38. The predicted molar refractivity (Wildman–Crippen MR) is 84.9 cm³/mol. The molecule has 1 amide bonds. The molecule has 0 aliphatic carbocycles. The van der Waals surface area contributed by atoms with Gasteiger partial charge in [0, 0.05) is 38.3 Å². The summed E-state index contributed by atoms with van der Waals surface area (Å²) < 4.78 is 2.13. The van der Waals surface area contributed by atoms with E-state index in [2.05, 4.69) is 27.7 Å². The van der Waals surface area contributed by atoms with Gasteiger partial charge in [-0.3, -0.25) is 9.20 Å². The number of thiazole rings is 1. The number of hydrogen-bond acceptors (Lipinski definition) is 5. The Morgan fingerprint density at radius 2 is 2.29 bits per heavy atom. The van der Waals surface area contributed by atoms with Gasteiger partial charge in [0.15, 0.2) is 10.8 Å². The van der Waals surface area contributed by atoms with Crippen LogP contribution in [0.4, 0.5) is 5.82 Å². The van der Waals surface area contributed by atoms with E-state index in [1.165, 1.54) is 0 Å². The summed E-state index contributed by atoms with van der Waals surface area (Å²) in [5, 5.41) is 5.41. The first-order valence-corrected chi connectivity index (χ1v) is 8.22. The van der Waals surface area contributed by atoms with E-state index in [-0.39, 0.29) is 5.91 Å². The third kappa shape index (κ3) is 2.75. The van der Waals surface area contributed by atoms with E-state index in [4.69, 9.17) is 4.98 Å². The minimum atomic E-state index is 0.165. The molecule has 0 unspecified atom stereocenters. The van der Waals surface area contributed by atoms with E-state index in [9.17, 15) is 4.79 Å². The molecule has 6 nitrogen and oxygen atoms in total. The fraction of sp³-hybridized carbons (Fsp3) is 0.571. The van der Waals surface area contributed by atoms with Crippen molar-refractivity contribution in [3.05, 3.63) is 17.3 Å². The van der Waals surface area contributed by atoms with Crippen molar-refractivity contribution in [2.45, 2.75) is 19.9 Å². The smallest absolute Gasteiger partial charge is 0.241 e. The van der Waals surface area contributed by atoms with Gasteiger partial charge in [0.2, 0.25) is 5.91 Å². The van der Waals surface area contributed by atoms with E-state index in [0.29, 0.717) is 6.54 Å². The molecule has 0 atom stereocenters. The monoisotopic (exact) mass is 307 g/mol. The fourth-order valence-electron chi connectivity index (χ4n) is 2.65. The zero-order valence-corrected chi connectivity index (χ0v) is 13.3. The summed E-state index contributed by atoms with van der Waals surface area (Å²) in [6.45, 7) is 5.89. The lowest BCUT2D eigenvalue weighted by molar-refractivity contribution is -0.127. The maximum Gasteiger partial charge on any atom is 0.241 e. The number of amides is 1. The van der Waals surface area contributed by atoms with E-state index in [0.717, 1.165) is 49.1 Å². The predicted octanol–water partition coefficient (Wildman–Crippen LogP) is 1.17. The third-order valence-electron chi connectivity index (χ3n) is 3.86. The molecule has 1 N–H and O–H groups in total. The summed E-state index contributed by atoms with van der Waals surface area (Å²) in [5.41, 5.74) is 1.14. The molecule has 0 spiro atoms. The molecular weight excluding hydrogens is 286 g/mol. The van der Waals surface area contributed by atoms with Gasteiger partial charge in [-0.2, -0.15) is 0 Å². The Morgan fingerprint density at radius 1 is 1.43 bits per heavy atom. The van der Waals surface area contributed by atoms with Crippen LogP contribution in [-0.2, 0) is 11.3 Å². The number of nitrogens with zero attached hydrogens (tertiary/aromatic N) is 4. The number of imidazole rings is 1. The molecule has 7 heteroatoms. The van der Waals surface area contributed by atoms with Crippen LogP contribution in [0, 0.1) is 0 Å². The first-order valence-electron chi connectivity index (χ1n) is 7.34. The first kappa shape index (κ1) is 14.3. The summed E-state index contributed by atoms with van der Waals surface area (Å²) in [6.07, 6.45) is 3.03. The molecule has 2 aromatic heterocycles. The van der Waals surface area contributed by atoms with E-state index in [1.54, 1.807) is 11.3 Å². The molecule has 21 heavy (non-hydrogen) atoms. The second-order valence-corrected chi connectivity index (χ2v) is 6.18. The summed E-state index contributed by atoms with van der Waals surface area (Å²) in [7, 11) is 1.87. The van der Waals surface area contributed by atoms with Gasteiger partial charge in [-0.1, -0.05) is 6.92 Å². The maximum absolute atomic E-state index is 12.1. The second kappa shape index (κ2) is 6.03. The molecule has 3 heterocycles. The zero-order chi connectivity index (χ0) is 14.8. The summed E-state index contributed by atoms with van der Waals surface area (Å²) in [4.78, 5) is 21.8. The summed E-state index contributed by atoms with van der Waals surface area (Å²) in [5.74, 6) is 1.12. The van der Waals surface area contributed by atoms with Gasteiger partial charge < -0.3 is 15.1 Å². The zero-order valence-electron chi connectivity index (χ0n) is 12.5. The SMILES string of the molecule is CCNCc1c(N2CCCN(C)C(=O)C2)nc2sccn12. The van der Waals surface area contributed by atoms with Crippen LogP contribution in [0.3, 0.4) is 0 Å². The molecule has 0 bridgehead atoms. The number of fused-ring (bicyclic) bond motifs is 1. The third-order valence-corrected chi connectivity index (χ3v) is 4.61. The molecule has 2 aromatic rings. The second-order valence-electron chi connectivity index (χ2n) is 5.31. The Kier molecular flexibility index (Phi) is 4.12. The van der Waals surface area contributed by atoms with Crippen molar-refractivity contribution in [3.63, 3.8) is 0 Å². The highest BCUT2D eigenvalue weighted by molar-refractivity contribution is 7.15. The molecule has 0 saturated carbocycles. The lowest BCUT2D eigenvalue weighted by Gasteiger charge is -2.21. The molecular formula is C14H21N5OS. The Balaban J connectivity index is 1.94. The number of hydrogen-bond donors (Lipinski definition) is 1. The van der Waals surface area contributed by atoms with Crippen molar-refractivity contribution >= 4 is 28.0 Å². The Hall–Kier alpha value is -1.60. The highest BCUT2D eigenvalue weighted by atomic mass is 32.1. The van der Waals surface area contributed by atoms with E-state index >= 15 is 0 Å². The molecule has 1 fully saturated rings. The van der Waals surface area contributed by atoms with Crippen LogP contribution in [0.15, 0.2) is 11.6 Å². The van der Waals surface area contributed by atoms with Crippen LogP contribution in [0.1, 0.15) is 19.0 Å². The molecule has 114 valence electrons. The quantitative estimate of drug-likeness (QED) is 0.921. The van der Waals surface area contributed by atoms with Gasteiger partial charge in [0.25, 0.3) is 0 Å². The molecule has 3 rings (SSSR count). The van der Waals surface area contributed by atoms with Gasteiger partial charge in [-0.05, 0) is 13.0 Å². The Bertz CT molecular complexity index is 634. The van der Waals surface area contributed by atoms with Crippen LogP contribution >= 0.6 is 11.3 Å². The number of likely N-dealkylation sites (N-methyl/N-ethyl adjacent to an activating group) is 1. The molecule has 0 radical (unpaired) electrons. The average molecular weight is 307 g/mol. The normalized spacial score (nSPS) is 16.8. The standard InChI is InChI=1S/C14H21N5OS/c1-3-15-9-11-13(16-14-19(11)7-8-21-14)18-6-4-5-17(2)12(20)10-18/h7-8,15H,3-6,9-10H2,1-2H3. The lowest BCUT2D eigenvalue weighted by atomic mass is 10.3. The highest BCUT2D eigenvalue weighted by Crippen LogP contribution is 2.25. The highest BCUT2D eigenvalue weighted by Gasteiger charge is 2.24. The average Bonchev–Trinajstić information content (AvgIpc) is 3.00. The van der Waals surface area contributed by atoms with Gasteiger partial charge >= 0.3 is 0 Å². The van der Waals surface area contributed by atoms with E-state index in [1.807, 2.05) is 17.3 Å². The van der Waals surface area contributed by atoms with Crippen LogP contribution < -0.4 is 10.2 Å². The number of carbonyl (C=O) groups excluding carboxylic acids is 1. The van der Waals surface area contributed by atoms with Crippen LogP contribution in [0.5, 0.6) is 0 Å². The summed E-state index contributed by atoms with van der Waals surface area (Å²) in [6, 6.07) is 0.